The van der Waals surface area contributed by atoms with Gasteiger partial charge in [0.25, 0.3) is 0 Å². The number of nitrogens with zero attached hydrogens (tertiary/aromatic N) is 3. The van der Waals surface area contributed by atoms with Gasteiger partial charge in [-0.2, -0.15) is 0 Å². The molecule has 138 valence electrons. The summed E-state index contributed by atoms with van der Waals surface area (Å²) in [5.41, 5.74) is 3.58. The number of aliphatic hydroxyl groups is 2. The molecule has 26 heavy (non-hydrogen) atoms. The molecule has 0 saturated heterocycles. The van der Waals surface area contributed by atoms with Crippen molar-refractivity contribution in [1.82, 2.24) is 9.97 Å². The lowest BCUT2D eigenvalue weighted by Gasteiger charge is -2.30. The zero-order valence-corrected chi connectivity index (χ0v) is 15.1. The number of aromatic nitrogens is 2. The van der Waals surface area contributed by atoms with E-state index < -0.39 is 6.10 Å². The zero-order valence-electron chi connectivity index (χ0n) is 15.1. The molecule has 1 aromatic heterocycles. The molecule has 1 aliphatic heterocycles. The quantitative estimate of drug-likeness (QED) is 0.739. The Hall–Kier alpha value is -2.18. The first kappa shape index (κ1) is 17.2. The van der Waals surface area contributed by atoms with E-state index in [9.17, 15) is 5.11 Å². The highest BCUT2D eigenvalue weighted by molar-refractivity contribution is 5.52. The molecule has 0 radical (unpaired) electrons. The fraction of sp³-hybridized carbons (Fsp3) is 0.500. The third-order valence-electron chi connectivity index (χ3n) is 5.14. The smallest absolute Gasteiger partial charge is 0.136 e. The molecule has 6 heteroatoms. The summed E-state index contributed by atoms with van der Waals surface area (Å²) in [5, 5.41) is 22.0. The van der Waals surface area contributed by atoms with Gasteiger partial charge in [0.15, 0.2) is 0 Å². The lowest BCUT2D eigenvalue weighted by molar-refractivity contribution is 0.199. The Balaban J connectivity index is 1.58. The number of hydrogen-bond acceptors (Lipinski definition) is 6. The molecule has 1 atom stereocenters. The number of hydrogen-bond donors (Lipinski definition) is 3. The SMILES string of the molecule is C[C@@H](O)c1ccc2c(c1)CCN(c1cc(NCCO)nc(C3CC3)n1)C2. The molecule has 2 heterocycles. The number of fused-ring (bicyclic) bond motifs is 1. The molecule has 0 unspecified atom stereocenters. The number of benzene rings is 1. The van der Waals surface area contributed by atoms with Crippen LogP contribution in [-0.2, 0) is 13.0 Å². The van der Waals surface area contributed by atoms with Crippen LogP contribution in [0, 0.1) is 0 Å². The summed E-state index contributed by atoms with van der Waals surface area (Å²) in [6.45, 7) is 4.09. The summed E-state index contributed by atoms with van der Waals surface area (Å²) in [7, 11) is 0. The molecule has 1 fully saturated rings. The molecular formula is C20H26N4O2. The van der Waals surface area contributed by atoms with Gasteiger partial charge in [-0.3, -0.25) is 0 Å². The number of nitrogens with one attached hydrogen (secondary N) is 1. The number of aliphatic hydroxyl groups excluding tert-OH is 2. The van der Waals surface area contributed by atoms with Gasteiger partial charge in [0.1, 0.15) is 17.5 Å². The predicted molar refractivity (Wildman–Crippen MR) is 101 cm³/mol. The summed E-state index contributed by atoms with van der Waals surface area (Å²) < 4.78 is 0. The van der Waals surface area contributed by atoms with Crippen LogP contribution in [0.1, 0.15) is 54.3 Å². The van der Waals surface area contributed by atoms with Crippen LogP contribution in [-0.4, -0.2) is 39.9 Å². The fourth-order valence-electron chi connectivity index (χ4n) is 3.44. The van der Waals surface area contributed by atoms with E-state index >= 15 is 0 Å². The topological polar surface area (TPSA) is 81.5 Å². The highest BCUT2D eigenvalue weighted by Gasteiger charge is 2.28. The van der Waals surface area contributed by atoms with Gasteiger partial charge < -0.3 is 20.4 Å². The maximum Gasteiger partial charge on any atom is 0.136 e. The van der Waals surface area contributed by atoms with Crippen molar-refractivity contribution < 1.29 is 10.2 Å². The van der Waals surface area contributed by atoms with Gasteiger partial charge >= 0.3 is 0 Å². The monoisotopic (exact) mass is 354 g/mol. The van der Waals surface area contributed by atoms with Gasteiger partial charge in [0, 0.05) is 31.6 Å². The number of anilines is 2. The van der Waals surface area contributed by atoms with E-state index in [1.54, 1.807) is 6.92 Å². The van der Waals surface area contributed by atoms with Crippen LogP contribution in [0.25, 0.3) is 0 Å². The largest absolute Gasteiger partial charge is 0.395 e. The van der Waals surface area contributed by atoms with Crippen molar-refractivity contribution in [3.05, 3.63) is 46.8 Å². The highest BCUT2D eigenvalue weighted by Crippen LogP contribution is 2.39. The van der Waals surface area contributed by atoms with Crippen LogP contribution >= 0.6 is 0 Å². The Kier molecular flexibility index (Phi) is 4.78. The lowest BCUT2D eigenvalue weighted by Crippen LogP contribution is -2.31. The summed E-state index contributed by atoms with van der Waals surface area (Å²) >= 11 is 0. The first-order chi connectivity index (χ1) is 12.6. The van der Waals surface area contributed by atoms with E-state index in [0.29, 0.717) is 12.5 Å². The standard InChI is InChI=1S/C20H26N4O2/c1-13(26)15-4-5-17-12-24(8-6-16(17)10-15)19-11-18(21-7-9-25)22-20(23-19)14-2-3-14/h4-5,10-11,13-14,25-26H,2-3,6-9,12H2,1H3,(H,21,22,23)/t13-/m1/s1. The van der Waals surface area contributed by atoms with Gasteiger partial charge in [-0.15, -0.1) is 0 Å². The molecule has 6 nitrogen and oxygen atoms in total. The maximum atomic E-state index is 9.79. The Labute approximate surface area is 153 Å². The summed E-state index contributed by atoms with van der Waals surface area (Å²) in [6, 6.07) is 8.24. The molecule has 1 aromatic carbocycles. The van der Waals surface area contributed by atoms with E-state index in [4.69, 9.17) is 10.1 Å². The molecule has 3 N–H and O–H groups in total. The fourth-order valence-corrected chi connectivity index (χ4v) is 3.44. The van der Waals surface area contributed by atoms with Crippen LogP contribution in [0.5, 0.6) is 0 Å². The first-order valence-electron chi connectivity index (χ1n) is 9.42. The van der Waals surface area contributed by atoms with E-state index in [0.717, 1.165) is 55.4 Å². The number of rotatable bonds is 6. The van der Waals surface area contributed by atoms with Gasteiger partial charge in [-0.05, 0) is 42.9 Å². The van der Waals surface area contributed by atoms with Crippen LogP contribution in [0.4, 0.5) is 11.6 Å². The minimum absolute atomic E-state index is 0.0841. The van der Waals surface area contributed by atoms with E-state index in [1.807, 2.05) is 12.1 Å². The van der Waals surface area contributed by atoms with Gasteiger partial charge in [-0.25, -0.2) is 9.97 Å². The first-order valence-corrected chi connectivity index (χ1v) is 9.42. The highest BCUT2D eigenvalue weighted by atomic mass is 16.3. The zero-order chi connectivity index (χ0) is 18.1. The predicted octanol–water partition coefficient (Wildman–Crippen LogP) is 2.37. The van der Waals surface area contributed by atoms with Crippen molar-refractivity contribution in [2.24, 2.45) is 0 Å². The van der Waals surface area contributed by atoms with E-state index in [-0.39, 0.29) is 6.61 Å². The minimum Gasteiger partial charge on any atom is -0.395 e. The average Bonchev–Trinajstić information content (AvgIpc) is 3.50. The second kappa shape index (κ2) is 7.21. The second-order valence-corrected chi connectivity index (χ2v) is 7.27. The normalized spacial score (nSPS) is 17.7. The van der Waals surface area contributed by atoms with Crippen molar-refractivity contribution in [1.29, 1.82) is 0 Å². The van der Waals surface area contributed by atoms with Crippen LogP contribution in [0.2, 0.25) is 0 Å². The Morgan fingerprint density at radius 2 is 2.08 bits per heavy atom. The van der Waals surface area contributed by atoms with Crippen molar-refractivity contribution in [3.63, 3.8) is 0 Å². The second-order valence-electron chi connectivity index (χ2n) is 7.27. The maximum absolute atomic E-state index is 9.79. The molecule has 0 bridgehead atoms. The van der Waals surface area contributed by atoms with Crippen LogP contribution in [0.15, 0.2) is 24.3 Å². The molecular weight excluding hydrogens is 328 g/mol. The van der Waals surface area contributed by atoms with Crippen LogP contribution < -0.4 is 10.2 Å². The Morgan fingerprint density at radius 3 is 2.81 bits per heavy atom. The third kappa shape index (κ3) is 3.66. The molecule has 0 spiro atoms. The molecule has 1 saturated carbocycles. The van der Waals surface area contributed by atoms with Gasteiger partial charge in [0.2, 0.25) is 0 Å². The molecule has 4 rings (SSSR count). The van der Waals surface area contributed by atoms with Crippen molar-refractivity contribution in [2.75, 3.05) is 29.9 Å². The molecule has 2 aromatic rings. The molecule has 0 amide bonds. The van der Waals surface area contributed by atoms with Crippen molar-refractivity contribution in [3.8, 4) is 0 Å². The summed E-state index contributed by atoms with van der Waals surface area (Å²) in [5.74, 6) is 3.14. The Bertz CT molecular complexity index is 789. The van der Waals surface area contributed by atoms with Gasteiger partial charge in [0.05, 0.1) is 12.7 Å². The van der Waals surface area contributed by atoms with Gasteiger partial charge in [-0.1, -0.05) is 18.2 Å². The van der Waals surface area contributed by atoms with E-state index in [2.05, 4.69) is 27.3 Å². The Morgan fingerprint density at radius 1 is 1.23 bits per heavy atom. The molecule has 2 aliphatic rings. The average molecular weight is 354 g/mol. The minimum atomic E-state index is -0.429. The van der Waals surface area contributed by atoms with Crippen molar-refractivity contribution in [2.45, 2.75) is 44.8 Å². The van der Waals surface area contributed by atoms with Crippen molar-refractivity contribution >= 4 is 11.6 Å². The molecule has 1 aliphatic carbocycles. The third-order valence-corrected chi connectivity index (χ3v) is 5.14. The lowest BCUT2D eigenvalue weighted by atomic mass is 9.96. The van der Waals surface area contributed by atoms with E-state index in [1.165, 1.54) is 11.1 Å². The summed E-state index contributed by atoms with van der Waals surface area (Å²) in [4.78, 5) is 11.7. The summed E-state index contributed by atoms with van der Waals surface area (Å²) in [6.07, 6.45) is 2.83. The van der Waals surface area contributed by atoms with Crippen LogP contribution in [0.3, 0.4) is 0 Å².